The average Bonchev–Trinajstić information content (AvgIpc) is 2.61. The van der Waals surface area contributed by atoms with E-state index in [9.17, 15) is 13.2 Å². The normalized spacial score (nSPS) is 14.1. The highest BCUT2D eigenvalue weighted by Gasteiger charge is 2.35. The Labute approximate surface area is 150 Å². The minimum Gasteiger partial charge on any atom is -0.370 e. The van der Waals surface area contributed by atoms with E-state index in [4.69, 9.17) is 0 Å². The van der Waals surface area contributed by atoms with Crippen molar-refractivity contribution in [3.8, 4) is 0 Å². The molecule has 0 fully saturated rings. The molecule has 140 valence electrons. The Balaban J connectivity index is 1.70. The zero-order valence-corrected chi connectivity index (χ0v) is 14.8. The van der Waals surface area contributed by atoms with Gasteiger partial charge in [-0.15, -0.1) is 0 Å². The number of rotatable bonds is 5. The van der Waals surface area contributed by atoms with Crippen LogP contribution < -0.4 is 15.1 Å². The predicted molar refractivity (Wildman–Crippen MR) is 96.8 cm³/mol. The molecular weight excluding hydrogens is 343 g/mol. The number of benzene rings is 1. The van der Waals surface area contributed by atoms with Gasteiger partial charge in [-0.3, -0.25) is 0 Å². The number of aromatic nitrogens is 2. The van der Waals surface area contributed by atoms with E-state index < -0.39 is 12.0 Å². The molecule has 0 spiro atoms. The summed E-state index contributed by atoms with van der Waals surface area (Å²) in [7, 11) is 3.30. The zero-order valence-electron chi connectivity index (χ0n) is 14.8. The number of anilines is 3. The Morgan fingerprint density at radius 2 is 1.96 bits per heavy atom. The lowest BCUT2D eigenvalue weighted by Gasteiger charge is -2.31. The summed E-state index contributed by atoms with van der Waals surface area (Å²) in [6.45, 7) is 2.13. The smallest absolute Gasteiger partial charge is 0.370 e. The van der Waals surface area contributed by atoms with Crippen LogP contribution in [0.3, 0.4) is 0 Å². The lowest BCUT2D eigenvalue weighted by atomic mass is 10.0. The molecule has 0 unspecified atom stereocenters. The lowest BCUT2D eigenvalue weighted by molar-refractivity contribution is -0.144. The number of fused-ring (bicyclic) bond motifs is 1. The number of nitrogens with one attached hydrogen (secondary N) is 1. The van der Waals surface area contributed by atoms with Gasteiger partial charge in [0.1, 0.15) is 11.6 Å². The molecule has 1 aromatic carbocycles. The monoisotopic (exact) mass is 365 g/mol. The molecule has 0 aliphatic carbocycles. The summed E-state index contributed by atoms with van der Waals surface area (Å²) in [4.78, 5) is 11.0. The Hall–Kier alpha value is -2.51. The maximum Gasteiger partial charge on any atom is 0.451 e. The van der Waals surface area contributed by atoms with Crippen molar-refractivity contribution in [2.45, 2.75) is 19.0 Å². The fourth-order valence-corrected chi connectivity index (χ4v) is 3.04. The van der Waals surface area contributed by atoms with Gasteiger partial charge in [-0.1, -0.05) is 18.2 Å². The molecule has 0 radical (unpaired) electrons. The van der Waals surface area contributed by atoms with E-state index in [2.05, 4.69) is 32.3 Å². The number of hydrogen-bond acceptors (Lipinski definition) is 5. The van der Waals surface area contributed by atoms with Crippen LogP contribution in [0.15, 0.2) is 30.3 Å². The molecule has 8 heteroatoms. The number of halogens is 3. The number of aryl methyl sites for hydroxylation is 1. The fourth-order valence-electron chi connectivity index (χ4n) is 3.04. The van der Waals surface area contributed by atoms with Crippen LogP contribution in [0.2, 0.25) is 0 Å². The van der Waals surface area contributed by atoms with E-state index >= 15 is 0 Å². The molecular formula is C18H22F3N5. The van der Waals surface area contributed by atoms with Gasteiger partial charge in [0.05, 0.1) is 0 Å². The van der Waals surface area contributed by atoms with Crippen LogP contribution in [-0.4, -0.2) is 43.7 Å². The number of nitrogens with zero attached hydrogens (tertiary/aromatic N) is 4. The van der Waals surface area contributed by atoms with Gasteiger partial charge in [-0.05, 0) is 24.5 Å². The molecule has 3 rings (SSSR count). The Bertz CT molecular complexity index is 761. The summed E-state index contributed by atoms with van der Waals surface area (Å²) in [5.74, 6) is -0.728. The van der Waals surface area contributed by atoms with E-state index in [-0.39, 0.29) is 11.6 Å². The quantitative estimate of drug-likeness (QED) is 0.880. The molecule has 2 aromatic rings. The zero-order chi connectivity index (χ0) is 18.7. The van der Waals surface area contributed by atoms with E-state index in [1.807, 2.05) is 12.1 Å². The lowest BCUT2D eigenvalue weighted by Crippen LogP contribution is -2.33. The Morgan fingerprint density at radius 3 is 2.69 bits per heavy atom. The van der Waals surface area contributed by atoms with E-state index in [0.29, 0.717) is 13.1 Å². The summed E-state index contributed by atoms with van der Waals surface area (Å²) in [5.41, 5.74) is 2.52. The van der Waals surface area contributed by atoms with Crippen molar-refractivity contribution >= 4 is 17.3 Å². The van der Waals surface area contributed by atoms with Gasteiger partial charge >= 0.3 is 6.18 Å². The van der Waals surface area contributed by atoms with Crippen LogP contribution in [0.25, 0.3) is 0 Å². The first-order valence-electron chi connectivity index (χ1n) is 8.55. The third-order valence-corrected chi connectivity index (χ3v) is 4.32. The molecule has 2 heterocycles. The number of hydrogen-bond donors (Lipinski definition) is 1. The first-order valence-corrected chi connectivity index (χ1v) is 8.55. The predicted octanol–water partition coefficient (Wildman–Crippen LogP) is 3.43. The molecule has 1 N–H and O–H groups in total. The first-order chi connectivity index (χ1) is 12.3. The van der Waals surface area contributed by atoms with Gasteiger partial charge in [0, 0.05) is 45.5 Å². The van der Waals surface area contributed by atoms with Crippen molar-refractivity contribution in [1.82, 2.24) is 9.97 Å². The van der Waals surface area contributed by atoms with Gasteiger partial charge in [0.2, 0.25) is 5.82 Å². The summed E-state index contributed by atoms with van der Waals surface area (Å²) in [5, 5.41) is 3.01. The van der Waals surface area contributed by atoms with Crippen LogP contribution >= 0.6 is 0 Å². The van der Waals surface area contributed by atoms with Gasteiger partial charge in [0.15, 0.2) is 0 Å². The fraction of sp³-hybridized carbons (Fsp3) is 0.444. The molecule has 0 bridgehead atoms. The second-order valence-electron chi connectivity index (χ2n) is 6.47. The second-order valence-corrected chi connectivity index (χ2v) is 6.47. The average molecular weight is 365 g/mol. The van der Waals surface area contributed by atoms with Crippen molar-refractivity contribution < 1.29 is 13.2 Å². The second kappa shape index (κ2) is 7.39. The molecule has 0 saturated carbocycles. The Morgan fingerprint density at radius 1 is 1.19 bits per heavy atom. The van der Waals surface area contributed by atoms with Crippen molar-refractivity contribution in [3.05, 3.63) is 41.7 Å². The van der Waals surface area contributed by atoms with E-state index in [1.54, 1.807) is 14.1 Å². The standard InChI is InChI=1S/C18H22F3N5/c1-25(2)16-12-15(23-17(24-16)18(19,20)21)22-9-11-26-10-5-7-13-6-3-4-8-14(13)26/h3-4,6,8,12H,5,7,9-11H2,1-2H3,(H,22,23,24). The first kappa shape index (κ1) is 18.3. The minimum absolute atomic E-state index is 0.182. The van der Waals surface area contributed by atoms with Crippen molar-refractivity contribution in [3.63, 3.8) is 0 Å². The molecule has 5 nitrogen and oxygen atoms in total. The minimum atomic E-state index is -4.58. The molecule has 0 atom stereocenters. The maximum atomic E-state index is 13.0. The van der Waals surface area contributed by atoms with Crippen molar-refractivity contribution in [1.29, 1.82) is 0 Å². The highest BCUT2D eigenvalue weighted by atomic mass is 19.4. The summed E-state index contributed by atoms with van der Waals surface area (Å²) in [6.07, 6.45) is -2.44. The number of alkyl halides is 3. The molecule has 1 aromatic heterocycles. The van der Waals surface area contributed by atoms with Gasteiger partial charge in [-0.2, -0.15) is 13.2 Å². The highest BCUT2D eigenvalue weighted by Crippen LogP contribution is 2.29. The third kappa shape index (κ3) is 4.17. The van der Waals surface area contributed by atoms with Crippen LogP contribution in [0.4, 0.5) is 30.5 Å². The highest BCUT2D eigenvalue weighted by molar-refractivity contribution is 5.55. The molecule has 1 aliphatic rings. The Kier molecular flexibility index (Phi) is 5.20. The van der Waals surface area contributed by atoms with Crippen molar-refractivity contribution in [2.24, 2.45) is 0 Å². The third-order valence-electron chi connectivity index (χ3n) is 4.32. The van der Waals surface area contributed by atoms with Crippen LogP contribution in [0.5, 0.6) is 0 Å². The van der Waals surface area contributed by atoms with Crippen LogP contribution in [-0.2, 0) is 12.6 Å². The summed E-state index contributed by atoms with van der Waals surface area (Å²) >= 11 is 0. The number of para-hydroxylation sites is 1. The van der Waals surface area contributed by atoms with E-state index in [0.717, 1.165) is 19.4 Å². The maximum absolute atomic E-state index is 13.0. The van der Waals surface area contributed by atoms with E-state index in [1.165, 1.54) is 22.2 Å². The van der Waals surface area contributed by atoms with Crippen LogP contribution in [0, 0.1) is 0 Å². The largest absolute Gasteiger partial charge is 0.451 e. The SMILES string of the molecule is CN(C)c1cc(NCCN2CCCc3ccccc32)nc(C(F)(F)F)n1. The van der Waals surface area contributed by atoms with Gasteiger partial charge in [0.25, 0.3) is 0 Å². The summed E-state index contributed by atoms with van der Waals surface area (Å²) in [6, 6.07) is 9.78. The van der Waals surface area contributed by atoms with Gasteiger partial charge in [-0.25, -0.2) is 9.97 Å². The van der Waals surface area contributed by atoms with Gasteiger partial charge < -0.3 is 15.1 Å². The summed E-state index contributed by atoms with van der Waals surface area (Å²) < 4.78 is 39.0. The topological polar surface area (TPSA) is 44.3 Å². The molecule has 0 saturated heterocycles. The molecule has 1 aliphatic heterocycles. The molecule has 0 amide bonds. The van der Waals surface area contributed by atoms with Crippen molar-refractivity contribution in [2.75, 3.05) is 48.8 Å². The molecule has 26 heavy (non-hydrogen) atoms. The van der Waals surface area contributed by atoms with Crippen LogP contribution in [0.1, 0.15) is 17.8 Å².